The van der Waals surface area contributed by atoms with E-state index >= 15 is 0 Å². The van der Waals surface area contributed by atoms with Crippen molar-refractivity contribution in [3.8, 4) is 0 Å². The standard InChI is InChI=1S/C10H21NO5/c1-10(2,3)11-4-5-6(12)7(13)8(14)9(15)16-5/h5-9,11-15H,4H2,1-3H3/t5-,6+,7+,8-,9?/m1/s1. The topological polar surface area (TPSA) is 102 Å². The first-order valence-corrected chi connectivity index (χ1v) is 5.35. The van der Waals surface area contributed by atoms with Crippen LogP contribution in [0.15, 0.2) is 0 Å². The third-order valence-corrected chi connectivity index (χ3v) is 2.52. The van der Waals surface area contributed by atoms with Gasteiger partial charge in [-0.1, -0.05) is 0 Å². The molecule has 1 saturated heterocycles. The minimum Gasteiger partial charge on any atom is -0.388 e. The van der Waals surface area contributed by atoms with Gasteiger partial charge >= 0.3 is 0 Å². The molecule has 0 amide bonds. The van der Waals surface area contributed by atoms with Gasteiger partial charge in [-0.15, -0.1) is 0 Å². The lowest BCUT2D eigenvalue weighted by Crippen LogP contribution is -2.60. The van der Waals surface area contributed by atoms with Crippen molar-refractivity contribution < 1.29 is 25.2 Å². The molecule has 1 aliphatic rings. The number of nitrogens with one attached hydrogen (secondary N) is 1. The molecule has 5 N–H and O–H groups in total. The quantitative estimate of drug-likeness (QED) is 0.386. The van der Waals surface area contributed by atoms with E-state index in [0.29, 0.717) is 0 Å². The summed E-state index contributed by atoms with van der Waals surface area (Å²) in [6.07, 6.45) is -6.29. The van der Waals surface area contributed by atoms with Gasteiger partial charge in [0.05, 0.1) is 0 Å². The molecule has 16 heavy (non-hydrogen) atoms. The summed E-state index contributed by atoms with van der Waals surface area (Å²) >= 11 is 0. The third kappa shape index (κ3) is 3.38. The number of hydrogen-bond donors (Lipinski definition) is 5. The van der Waals surface area contributed by atoms with Crippen LogP contribution in [0.4, 0.5) is 0 Å². The SMILES string of the molecule is CC(C)(C)NC[C@H]1OC(O)[C@H](O)[C@@H](O)[C@H]1O. The third-order valence-electron chi connectivity index (χ3n) is 2.52. The fourth-order valence-electron chi connectivity index (χ4n) is 1.51. The van der Waals surface area contributed by atoms with Gasteiger partial charge in [-0.3, -0.25) is 0 Å². The Balaban J connectivity index is 2.54. The van der Waals surface area contributed by atoms with Gasteiger partial charge in [-0.05, 0) is 20.8 Å². The lowest BCUT2D eigenvalue weighted by Gasteiger charge is -2.39. The molecular formula is C10H21NO5. The first-order chi connectivity index (χ1) is 7.22. The first kappa shape index (κ1) is 13.8. The van der Waals surface area contributed by atoms with Crippen molar-refractivity contribution in [1.29, 1.82) is 0 Å². The maximum atomic E-state index is 9.64. The van der Waals surface area contributed by atoms with Crippen LogP contribution in [0.2, 0.25) is 0 Å². The molecule has 0 saturated carbocycles. The Morgan fingerprint density at radius 2 is 1.56 bits per heavy atom. The highest BCUT2D eigenvalue weighted by atomic mass is 16.6. The fourth-order valence-corrected chi connectivity index (χ4v) is 1.51. The van der Waals surface area contributed by atoms with Crippen LogP contribution in [0.1, 0.15) is 20.8 Å². The molecule has 0 aliphatic carbocycles. The van der Waals surface area contributed by atoms with Crippen LogP contribution in [0, 0.1) is 0 Å². The van der Waals surface area contributed by atoms with Crippen molar-refractivity contribution in [2.24, 2.45) is 0 Å². The number of rotatable bonds is 2. The zero-order chi connectivity index (χ0) is 12.5. The summed E-state index contributed by atoms with van der Waals surface area (Å²) in [5.74, 6) is 0. The van der Waals surface area contributed by atoms with Crippen molar-refractivity contribution in [3.05, 3.63) is 0 Å². The molecule has 0 aromatic heterocycles. The van der Waals surface area contributed by atoms with Gasteiger partial charge in [0.2, 0.25) is 0 Å². The van der Waals surface area contributed by atoms with Gasteiger partial charge in [-0.2, -0.15) is 0 Å². The Hall–Kier alpha value is -0.240. The zero-order valence-corrected chi connectivity index (χ0v) is 9.79. The summed E-state index contributed by atoms with van der Waals surface area (Å²) in [5, 5.41) is 40.7. The summed E-state index contributed by atoms with van der Waals surface area (Å²) in [7, 11) is 0. The van der Waals surface area contributed by atoms with Crippen LogP contribution in [0.3, 0.4) is 0 Å². The molecule has 0 aromatic rings. The van der Waals surface area contributed by atoms with E-state index < -0.39 is 30.7 Å². The molecule has 0 radical (unpaired) electrons. The highest BCUT2D eigenvalue weighted by Gasteiger charge is 2.42. The Kier molecular flexibility index (Phi) is 4.28. The summed E-state index contributed by atoms with van der Waals surface area (Å²) in [6.45, 7) is 6.13. The van der Waals surface area contributed by atoms with Gasteiger partial charge in [0.1, 0.15) is 24.4 Å². The van der Waals surface area contributed by atoms with E-state index in [0.717, 1.165) is 0 Å². The highest BCUT2D eigenvalue weighted by molar-refractivity contribution is 4.90. The molecule has 0 aromatic carbocycles. The summed E-state index contributed by atoms with van der Waals surface area (Å²) in [5.41, 5.74) is -0.158. The smallest absolute Gasteiger partial charge is 0.184 e. The first-order valence-electron chi connectivity index (χ1n) is 5.35. The van der Waals surface area contributed by atoms with E-state index in [-0.39, 0.29) is 12.1 Å². The predicted molar refractivity (Wildman–Crippen MR) is 56.7 cm³/mol. The van der Waals surface area contributed by atoms with E-state index in [1.807, 2.05) is 20.8 Å². The number of aliphatic hydroxyl groups excluding tert-OH is 4. The monoisotopic (exact) mass is 235 g/mol. The molecule has 1 heterocycles. The van der Waals surface area contributed by atoms with E-state index in [9.17, 15) is 20.4 Å². The maximum absolute atomic E-state index is 9.64. The second-order valence-electron chi connectivity index (χ2n) is 5.17. The van der Waals surface area contributed by atoms with Gasteiger partial charge in [0.25, 0.3) is 0 Å². The molecule has 1 rings (SSSR count). The van der Waals surface area contributed by atoms with E-state index in [1.165, 1.54) is 0 Å². The molecule has 5 atom stereocenters. The highest BCUT2D eigenvalue weighted by Crippen LogP contribution is 2.19. The molecule has 6 heteroatoms. The molecule has 0 bridgehead atoms. The summed E-state index contributed by atoms with van der Waals surface area (Å²) < 4.78 is 5.01. The van der Waals surface area contributed by atoms with Gasteiger partial charge in [0, 0.05) is 12.1 Å². The van der Waals surface area contributed by atoms with Gasteiger partial charge in [-0.25, -0.2) is 0 Å². The van der Waals surface area contributed by atoms with Crippen molar-refractivity contribution >= 4 is 0 Å². The number of ether oxygens (including phenoxy) is 1. The van der Waals surface area contributed by atoms with Crippen LogP contribution in [-0.4, -0.2) is 63.2 Å². The molecule has 6 nitrogen and oxygen atoms in total. The molecule has 96 valence electrons. The Morgan fingerprint density at radius 1 is 1.00 bits per heavy atom. The minimum atomic E-state index is -1.47. The minimum absolute atomic E-state index is 0.158. The lowest BCUT2D eigenvalue weighted by molar-refractivity contribution is -0.280. The Bertz CT molecular complexity index is 230. The average molecular weight is 235 g/mol. The number of hydrogen-bond acceptors (Lipinski definition) is 6. The molecular weight excluding hydrogens is 214 g/mol. The molecule has 0 spiro atoms. The lowest BCUT2D eigenvalue weighted by atomic mass is 9.98. The number of aliphatic hydroxyl groups is 4. The largest absolute Gasteiger partial charge is 0.388 e. The molecule has 1 aliphatic heterocycles. The predicted octanol–water partition coefficient (Wildman–Crippen LogP) is -1.83. The normalized spacial score (nSPS) is 41.1. The van der Waals surface area contributed by atoms with Crippen LogP contribution in [0.5, 0.6) is 0 Å². The van der Waals surface area contributed by atoms with Gasteiger partial charge in [0.15, 0.2) is 6.29 Å². The van der Waals surface area contributed by atoms with E-state index in [1.54, 1.807) is 0 Å². The maximum Gasteiger partial charge on any atom is 0.184 e. The Morgan fingerprint density at radius 3 is 2.06 bits per heavy atom. The van der Waals surface area contributed by atoms with E-state index in [4.69, 9.17) is 4.74 Å². The van der Waals surface area contributed by atoms with Crippen molar-refractivity contribution in [3.63, 3.8) is 0 Å². The van der Waals surface area contributed by atoms with Crippen LogP contribution >= 0.6 is 0 Å². The Labute approximate surface area is 94.9 Å². The summed E-state index contributed by atoms with van der Waals surface area (Å²) in [4.78, 5) is 0. The average Bonchev–Trinajstić information content (AvgIpc) is 2.17. The van der Waals surface area contributed by atoms with Crippen molar-refractivity contribution in [2.75, 3.05) is 6.54 Å². The van der Waals surface area contributed by atoms with Crippen molar-refractivity contribution in [1.82, 2.24) is 5.32 Å². The van der Waals surface area contributed by atoms with Crippen LogP contribution < -0.4 is 5.32 Å². The second-order valence-corrected chi connectivity index (χ2v) is 5.17. The van der Waals surface area contributed by atoms with E-state index in [2.05, 4.69) is 5.32 Å². The van der Waals surface area contributed by atoms with Crippen molar-refractivity contribution in [2.45, 2.75) is 57.0 Å². The van der Waals surface area contributed by atoms with Gasteiger partial charge < -0.3 is 30.5 Å². The molecule has 1 unspecified atom stereocenters. The zero-order valence-electron chi connectivity index (χ0n) is 9.79. The van der Waals surface area contributed by atoms with Crippen LogP contribution in [-0.2, 0) is 4.74 Å². The van der Waals surface area contributed by atoms with Crippen LogP contribution in [0.25, 0.3) is 0 Å². The summed E-state index contributed by atoms with van der Waals surface area (Å²) in [6, 6.07) is 0. The molecule has 1 fully saturated rings. The fraction of sp³-hybridized carbons (Fsp3) is 1.00. The second kappa shape index (κ2) is 4.95.